The predicted octanol–water partition coefficient (Wildman–Crippen LogP) is 4.07. The molecule has 1 heterocycles. The van der Waals surface area contributed by atoms with E-state index in [9.17, 15) is 20.0 Å². The Morgan fingerprint density at radius 2 is 1.82 bits per heavy atom. The van der Waals surface area contributed by atoms with Gasteiger partial charge in [-0.3, -0.25) is 14.9 Å². The molecular formula is C25H36N4O4. The van der Waals surface area contributed by atoms with Crippen molar-refractivity contribution in [1.29, 1.82) is 0 Å². The maximum Gasteiger partial charge on any atom is 0.293 e. The number of fused-ring (bicyclic) bond motifs is 1. The van der Waals surface area contributed by atoms with Crippen LogP contribution < -0.4 is 15.5 Å². The Morgan fingerprint density at radius 1 is 1.18 bits per heavy atom. The van der Waals surface area contributed by atoms with E-state index >= 15 is 0 Å². The number of rotatable bonds is 7. The third-order valence-electron chi connectivity index (χ3n) is 8.52. The predicted molar refractivity (Wildman–Crippen MR) is 128 cm³/mol. The van der Waals surface area contributed by atoms with Gasteiger partial charge in [-0.25, -0.2) is 0 Å². The molecule has 2 unspecified atom stereocenters. The number of amides is 1. The molecule has 3 saturated carbocycles. The number of nitrogens with zero attached hydrogens (tertiary/aromatic N) is 2. The minimum atomic E-state index is -1.01. The van der Waals surface area contributed by atoms with Crippen molar-refractivity contribution in [3.63, 3.8) is 0 Å². The Labute approximate surface area is 195 Å². The van der Waals surface area contributed by atoms with Gasteiger partial charge in [-0.1, -0.05) is 6.92 Å². The zero-order valence-electron chi connectivity index (χ0n) is 19.9. The molecule has 0 aromatic heterocycles. The molecule has 3 N–H and O–H groups in total. The SMILES string of the molecule is CC1CCC(NC(=O)c2cc([N+](=O)[O-])c(NC3(C(C)(C)O)CC3)cc2N2CC3CC3C2)CC1. The summed E-state index contributed by atoms with van der Waals surface area (Å²) < 4.78 is 0. The number of nitro groups is 1. The van der Waals surface area contributed by atoms with Gasteiger partial charge in [-0.2, -0.15) is 0 Å². The van der Waals surface area contributed by atoms with Gasteiger partial charge in [0.05, 0.1) is 27.3 Å². The molecule has 33 heavy (non-hydrogen) atoms. The third kappa shape index (κ3) is 4.29. The summed E-state index contributed by atoms with van der Waals surface area (Å²) in [4.78, 5) is 27.2. The Balaban J connectivity index is 1.48. The molecule has 1 aliphatic heterocycles. The number of piperidine rings is 1. The second kappa shape index (κ2) is 7.86. The van der Waals surface area contributed by atoms with Crippen LogP contribution in [-0.2, 0) is 0 Å². The first kappa shape index (κ1) is 22.4. The standard InChI is InChI=1S/C25H36N4O4/c1-15-4-6-18(7-5-15)26-23(30)19-11-22(29(32)33)20(27-25(8-9-25)24(2,3)31)12-21(19)28-13-16-10-17(16)14-28/h11-12,15-18,27,31H,4-10,13-14H2,1-3H3,(H,26,30). The summed E-state index contributed by atoms with van der Waals surface area (Å²) in [5.74, 6) is 1.79. The number of anilines is 2. The maximum atomic E-state index is 13.4. The lowest BCUT2D eigenvalue weighted by atomic mass is 9.87. The summed E-state index contributed by atoms with van der Waals surface area (Å²) in [7, 11) is 0. The normalized spacial score (nSPS) is 29.9. The minimum absolute atomic E-state index is 0.110. The Bertz CT molecular complexity index is 950. The van der Waals surface area contributed by atoms with Crippen LogP contribution >= 0.6 is 0 Å². The molecule has 1 aromatic carbocycles. The number of aliphatic hydroxyl groups is 1. The van der Waals surface area contributed by atoms with Crippen LogP contribution in [0, 0.1) is 27.9 Å². The van der Waals surface area contributed by atoms with Gasteiger partial charge in [0.15, 0.2) is 0 Å². The lowest BCUT2D eigenvalue weighted by Gasteiger charge is -2.32. The molecule has 1 aromatic rings. The summed E-state index contributed by atoms with van der Waals surface area (Å²) in [6, 6.07) is 3.35. The fourth-order valence-electron chi connectivity index (χ4n) is 5.81. The fraction of sp³-hybridized carbons (Fsp3) is 0.720. The third-order valence-corrected chi connectivity index (χ3v) is 8.52. The molecule has 2 atom stereocenters. The van der Waals surface area contributed by atoms with Crippen molar-refractivity contribution in [3.8, 4) is 0 Å². The summed E-state index contributed by atoms with van der Waals surface area (Å²) in [6.45, 7) is 7.49. The topological polar surface area (TPSA) is 108 Å². The van der Waals surface area contributed by atoms with Crippen molar-refractivity contribution in [1.82, 2.24) is 5.32 Å². The summed E-state index contributed by atoms with van der Waals surface area (Å²) >= 11 is 0. The molecule has 1 amide bonds. The molecular weight excluding hydrogens is 420 g/mol. The van der Waals surface area contributed by atoms with E-state index in [0.717, 1.165) is 57.3 Å². The van der Waals surface area contributed by atoms with Gasteiger partial charge >= 0.3 is 0 Å². The van der Waals surface area contributed by atoms with E-state index in [-0.39, 0.29) is 17.6 Å². The number of hydrogen-bond donors (Lipinski definition) is 3. The molecule has 8 nitrogen and oxygen atoms in total. The molecule has 4 aliphatic rings. The van der Waals surface area contributed by atoms with Crippen LogP contribution in [0.25, 0.3) is 0 Å². The number of carbonyl (C=O) groups is 1. The Kier molecular flexibility index (Phi) is 5.34. The highest BCUT2D eigenvalue weighted by Gasteiger charge is 2.55. The van der Waals surface area contributed by atoms with E-state index in [2.05, 4.69) is 22.5 Å². The summed E-state index contributed by atoms with van der Waals surface area (Å²) in [6.07, 6.45) is 6.82. The number of nitrogens with one attached hydrogen (secondary N) is 2. The molecule has 180 valence electrons. The molecule has 0 radical (unpaired) electrons. The number of benzene rings is 1. The van der Waals surface area contributed by atoms with Gasteiger partial charge < -0.3 is 20.6 Å². The smallest absolute Gasteiger partial charge is 0.293 e. The van der Waals surface area contributed by atoms with Crippen molar-refractivity contribution >= 4 is 23.0 Å². The second-order valence-electron chi connectivity index (χ2n) is 11.5. The highest BCUT2D eigenvalue weighted by molar-refractivity contribution is 6.02. The second-order valence-corrected chi connectivity index (χ2v) is 11.5. The minimum Gasteiger partial charge on any atom is -0.388 e. The van der Waals surface area contributed by atoms with Crippen molar-refractivity contribution in [2.75, 3.05) is 23.3 Å². The molecule has 3 aliphatic carbocycles. The molecule has 4 fully saturated rings. The van der Waals surface area contributed by atoms with E-state index in [1.54, 1.807) is 19.9 Å². The van der Waals surface area contributed by atoms with Gasteiger partial charge in [0.2, 0.25) is 0 Å². The van der Waals surface area contributed by atoms with Crippen LogP contribution in [-0.4, -0.2) is 46.2 Å². The first-order chi connectivity index (χ1) is 15.6. The first-order valence-corrected chi connectivity index (χ1v) is 12.4. The van der Waals surface area contributed by atoms with E-state index in [4.69, 9.17) is 0 Å². The first-order valence-electron chi connectivity index (χ1n) is 12.4. The quantitative estimate of drug-likeness (QED) is 0.422. The van der Waals surface area contributed by atoms with E-state index in [1.165, 1.54) is 12.5 Å². The zero-order valence-corrected chi connectivity index (χ0v) is 19.9. The van der Waals surface area contributed by atoms with Crippen molar-refractivity contribution in [2.24, 2.45) is 17.8 Å². The fourth-order valence-corrected chi connectivity index (χ4v) is 5.81. The number of carbonyl (C=O) groups excluding carboxylic acids is 1. The molecule has 0 spiro atoms. The van der Waals surface area contributed by atoms with Crippen LogP contribution in [0.1, 0.15) is 76.1 Å². The molecule has 5 rings (SSSR count). The van der Waals surface area contributed by atoms with Gasteiger partial charge in [0, 0.05) is 25.2 Å². The van der Waals surface area contributed by atoms with Gasteiger partial charge in [0.25, 0.3) is 11.6 Å². The van der Waals surface area contributed by atoms with Crippen molar-refractivity contribution in [2.45, 2.75) is 82.9 Å². The average molecular weight is 457 g/mol. The van der Waals surface area contributed by atoms with Crippen LogP contribution in [0.3, 0.4) is 0 Å². The molecule has 8 heteroatoms. The van der Waals surface area contributed by atoms with E-state index in [0.29, 0.717) is 29.0 Å². The average Bonchev–Trinajstić information content (AvgIpc) is 3.66. The molecule has 0 bridgehead atoms. The number of hydrogen-bond acceptors (Lipinski definition) is 6. The van der Waals surface area contributed by atoms with Crippen molar-refractivity contribution in [3.05, 3.63) is 27.8 Å². The lowest BCUT2D eigenvalue weighted by molar-refractivity contribution is -0.384. The van der Waals surface area contributed by atoms with E-state index in [1.807, 2.05) is 0 Å². The monoisotopic (exact) mass is 456 g/mol. The highest BCUT2D eigenvalue weighted by Crippen LogP contribution is 2.51. The zero-order chi connectivity index (χ0) is 23.5. The van der Waals surface area contributed by atoms with Gasteiger partial charge in [0.1, 0.15) is 5.69 Å². The van der Waals surface area contributed by atoms with Gasteiger partial charge in [-0.15, -0.1) is 0 Å². The largest absolute Gasteiger partial charge is 0.388 e. The molecule has 1 saturated heterocycles. The van der Waals surface area contributed by atoms with Crippen LogP contribution in [0.15, 0.2) is 12.1 Å². The Morgan fingerprint density at radius 3 is 2.36 bits per heavy atom. The summed E-state index contributed by atoms with van der Waals surface area (Å²) in [5.41, 5.74) is -0.155. The van der Waals surface area contributed by atoms with E-state index < -0.39 is 16.1 Å². The van der Waals surface area contributed by atoms with Gasteiger partial charge in [-0.05, 0) is 82.6 Å². The van der Waals surface area contributed by atoms with Crippen LogP contribution in [0.2, 0.25) is 0 Å². The maximum absolute atomic E-state index is 13.4. The summed E-state index contributed by atoms with van der Waals surface area (Å²) in [5, 5.41) is 29.2. The van der Waals surface area contributed by atoms with Crippen molar-refractivity contribution < 1.29 is 14.8 Å². The van der Waals surface area contributed by atoms with Crippen LogP contribution in [0.5, 0.6) is 0 Å². The lowest BCUT2D eigenvalue weighted by Crippen LogP contribution is -2.44. The highest BCUT2D eigenvalue weighted by atomic mass is 16.6. The van der Waals surface area contributed by atoms with Crippen LogP contribution in [0.4, 0.5) is 17.1 Å². The number of nitro benzene ring substituents is 1. The Hall–Kier alpha value is -2.35.